The largest absolute Gasteiger partial charge is 0.522 e. The van der Waals surface area contributed by atoms with Crippen LogP contribution in [0.2, 0.25) is 0 Å². The molecule has 0 fully saturated rings. The van der Waals surface area contributed by atoms with Gasteiger partial charge < -0.3 is 15.4 Å². The molecule has 0 heterocycles. The molecule has 2 N–H and O–H groups in total. The van der Waals surface area contributed by atoms with Crippen molar-refractivity contribution in [3.8, 4) is 0 Å². The zero-order valence-electron chi connectivity index (χ0n) is 11.0. The van der Waals surface area contributed by atoms with E-state index < -0.39 is 25.5 Å². The highest BCUT2D eigenvalue weighted by Gasteiger charge is 2.28. The normalized spacial score (nSPS) is 11.2. The van der Waals surface area contributed by atoms with Crippen LogP contribution in [0.1, 0.15) is 10.4 Å². The summed E-state index contributed by atoms with van der Waals surface area (Å²) in [4.78, 5) is 13.5. The van der Waals surface area contributed by atoms with E-state index in [9.17, 15) is 18.0 Å². The summed E-state index contributed by atoms with van der Waals surface area (Å²) in [6, 6.07) is 4.64. The molecule has 8 heteroatoms. The van der Waals surface area contributed by atoms with E-state index in [0.29, 0.717) is 11.4 Å². The fourth-order valence-corrected chi connectivity index (χ4v) is 1.48. The predicted octanol–water partition coefficient (Wildman–Crippen LogP) is 2.03. The number of anilines is 2. The summed E-state index contributed by atoms with van der Waals surface area (Å²) in [6.07, 6.45) is -4.74. The van der Waals surface area contributed by atoms with Crippen molar-refractivity contribution in [2.24, 2.45) is 0 Å². The van der Waals surface area contributed by atoms with Gasteiger partial charge in [-0.25, -0.2) is 4.79 Å². The van der Waals surface area contributed by atoms with E-state index in [1.807, 2.05) is 0 Å². The number of ether oxygens (including phenoxy) is 2. The van der Waals surface area contributed by atoms with Crippen molar-refractivity contribution in [3.05, 3.63) is 23.8 Å². The van der Waals surface area contributed by atoms with Crippen molar-refractivity contribution in [3.63, 3.8) is 0 Å². The van der Waals surface area contributed by atoms with E-state index in [2.05, 4.69) is 4.74 Å². The van der Waals surface area contributed by atoms with Crippen LogP contribution in [-0.2, 0) is 9.47 Å². The molecule has 112 valence electrons. The van der Waals surface area contributed by atoms with Gasteiger partial charge in [-0.15, -0.1) is 13.2 Å². The van der Waals surface area contributed by atoms with Crippen LogP contribution in [0.15, 0.2) is 18.2 Å². The number of alkyl halides is 3. The highest BCUT2D eigenvalue weighted by atomic mass is 19.4. The Morgan fingerprint density at radius 2 is 1.95 bits per heavy atom. The van der Waals surface area contributed by atoms with E-state index in [0.717, 1.165) is 0 Å². The minimum atomic E-state index is -4.74. The fourth-order valence-electron chi connectivity index (χ4n) is 1.48. The predicted molar refractivity (Wildman–Crippen MR) is 67.5 cm³/mol. The van der Waals surface area contributed by atoms with Crippen molar-refractivity contribution in [2.75, 3.05) is 37.9 Å². The maximum absolute atomic E-state index is 11.8. The van der Waals surface area contributed by atoms with Crippen LogP contribution in [0.25, 0.3) is 0 Å². The number of esters is 1. The van der Waals surface area contributed by atoms with Crippen molar-refractivity contribution in [2.45, 2.75) is 6.36 Å². The first kappa shape index (κ1) is 16.1. The Labute approximate surface area is 114 Å². The van der Waals surface area contributed by atoms with Crippen molar-refractivity contribution < 1.29 is 27.4 Å². The smallest absolute Gasteiger partial charge is 0.460 e. The summed E-state index contributed by atoms with van der Waals surface area (Å²) in [5, 5.41) is 0. The van der Waals surface area contributed by atoms with Crippen LogP contribution in [0, 0.1) is 0 Å². The molecule has 0 spiro atoms. The third kappa shape index (κ3) is 4.96. The van der Waals surface area contributed by atoms with Gasteiger partial charge in [0.2, 0.25) is 0 Å². The van der Waals surface area contributed by atoms with E-state index in [4.69, 9.17) is 10.5 Å². The fraction of sp³-hybridized carbons (Fsp3) is 0.417. The third-order valence-corrected chi connectivity index (χ3v) is 2.30. The summed E-state index contributed by atoms with van der Waals surface area (Å²) < 4.78 is 43.4. The van der Waals surface area contributed by atoms with Crippen molar-refractivity contribution >= 4 is 17.3 Å². The van der Waals surface area contributed by atoms with Gasteiger partial charge in [-0.05, 0) is 18.2 Å². The second kappa shape index (κ2) is 6.47. The molecule has 1 aromatic carbocycles. The molecule has 0 aliphatic rings. The van der Waals surface area contributed by atoms with Gasteiger partial charge in [0.15, 0.2) is 0 Å². The summed E-state index contributed by atoms with van der Waals surface area (Å²) in [5.74, 6) is -0.758. The van der Waals surface area contributed by atoms with Crippen LogP contribution >= 0.6 is 0 Å². The molecule has 0 radical (unpaired) electrons. The monoisotopic (exact) mass is 292 g/mol. The van der Waals surface area contributed by atoms with E-state index in [-0.39, 0.29) is 5.56 Å². The Kier molecular flexibility index (Phi) is 5.20. The zero-order chi connectivity index (χ0) is 15.3. The van der Waals surface area contributed by atoms with E-state index in [1.54, 1.807) is 31.1 Å². The average Bonchev–Trinajstić information content (AvgIpc) is 2.32. The molecule has 0 atom stereocenters. The number of rotatable bonds is 5. The second-order valence-electron chi connectivity index (χ2n) is 4.10. The number of carbonyl (C=O) groups is 1. The maximum Gasteiger partial charge on any atom is 0.522 e. The lowest BCUT2D eigenvalue weighted by atomic mass is 10.1. The quantitative estimate of drug-likeness (QED) is 0.511. The average molecular weight is 292 g/mol. The molecule has 0 aromatic heterocycles. The van der Waals surface area contributed by atoms with Gasteiger partial charge >= 0.3 is 12.3 Å². The number of nitrogens with zero attached hydrogens (tertiary/aromatic N) is 1. The Morgan fingerprint density at radius 1 is 1.30 bits per heavy atom. The van der Waals surface area contributed by atoms with Gasteiger partial charge in [-0.2, -0.15) is 0 Å². The number of hydrogen-bond acceptors (Lipinski definition) is 5. The van der Waals surface area contributed by atoms with Crippen LogP contribution in [0.5, 0.6) is 0 Å². The highest BCUT2D eigenvalue weighted by molar-refractivity contribution is 5.96. The molecule has 0 aliphatic carbocycles. The van der Waals surface area contributed by atoms with Gasteiger partial charge in [0.1, 0.15) is 6.61 Å². The molecule has 1 rings (SSSR count). The summed E-state index contributed by atoms with van der Waals surface area (Å²) >= 11 is 0. The summed E-state index contributed by atoms with van der Waals surface area (Å²) in [6.45, 7) is -1.26. The molecule has 0 aliphatic heterocycles. The van der Waals surface area contributed by atoms with Crippen LogP contribution < -0.4 is 10.6 Å². The standard InChI is InChI=1S/C12H15F3N2O3/c1-17(2)10-4-3-8(16)7-9(10)11(18)19-5-6-20-12(13,14)15/h3-4,7H,5-6,16H2,1-2H3. The molecule has 0 bridgehead atoms. The molecule has 5 nitrogen and oxygen atoms in total. The van der Waals surface area contributed by atoms with Gasteiger partial charge in [-0.3, -0.25) is 4.74 Å². The Balaban J connectivity index is 2.65. The minimum absolute atomic E-state index is 0.182. The van der Waals surface area contributed by atoms with Gasteiger partial charge in [0, 0.05) is 19.8 Å². The third-order valence-electron chi connectivity index (χ3n) is 2.30. The number of nitrogen functional groups attached to an aromatic ring is 1. The number of nitrogens with two attached hydrogens (primary N) is 1. The molecule has 0 amide bonds. The number of carbonyl (C=O) groups excluding carboxylic acids is 1. The lowest BCUT2D eigenvalue weighted by Gasteiger charge is -2.17. The molecular weight excluding hydrogens is 277 g/mol. The lowest BCUT2D eigenvalue weighted by Crippen LogP contribution is -2.20. The first-order chi connectivity index (χ1) is 9.20. The van der Waals surface area contributed by atoms with Crippen molar-refractivity contribution in [1.29, 1.82) is 0 Å². The molecule has 0 saturated heterocycles. The minimum Gasteiger partial charge on any atom is -0.460 e. The lowest BCUT2D eigenvalue weighted by molar-refractivity contribution is -0.326. The first-order valence-corrected chi connectivity index (χ1v) is 5.65. The number of hydrogen-bond donors (Lipinski definition) is 1. The Morgan fingerprint density at radius 3 is 2.50 bits per heavy atom. The zero-order valence-corrected chi connectivity index (χ0v) is 11.0. The number of benzene rings is 1. The molecule has 20 heavy (non-hydrogen) atoms. The van der Waals surface area contributed by atoms with Crippen LogP contribution in [-0.4, -0.2) is 39.6 Å². The van der Waals surface area contributed by atoms with Crippen LogP contribution in [0.4, 0.5) is 24.5 Å². The Bertz CT molecular complexity index is 476. The maximum atomic E-state index is 11.8. The topological polar surface area (TPSA) is 64.8 Å². The SMILES string of the molecule is CN(C)c1ccc(N)cc1C(=O)OCCOC(F)(F)F. The highest BCUT2D eigenvalue weighted by Crippen LogP contribution is 2.22. The van der Waals surface area contributed by atoms with Gasteiger partial charge in [0.05, 0.1) is 17.9 Å². The second-order valence-corrected chi connectivity index (χ2v) is 4.10. The van der Waals surface area contributed by atoms with E-state index >= 15 is 0 Å². The molecule has 0 saturated carbocycles. The summed E-state index contributed by atoms with van der Waals surface area (Å²) in [7, 11) is 3.43. The molecule has 1 aromatic rings. The van der Waals surface area contributed by atoms with Gasteiger partial charge in [-0.1, -0.05) is 0 Å². The van der Waals surface area contributed by atoms with Crippen molar-refractivity contribution in [1.82, 2.24) is 0 Å². The Hall–Kier alpha value is -1.96. The summed E-state index contributed by atoms with van der Waals surface area (Å²) in [5.41, 5.74) is 6.67. The first-order valence-electron chi connectivity index (χ1n) is 5.65. The number of halogens is 3. The van der Waals surface area contributed by atoms with Crippen LogP contribution in [0.3, 0.4) is 0 Å². The molecule has 0 unspecified atom stereocenters. The van der Waals surface area contributed by atoms with E-state index in [1.165, 1.54) is 6.07 Å². The van der Waals surface area contributed by atoms with Gasteiger partial charge in [0.25, 0.3) is 0 Å². The molecular formula is C12H15F3N2O3.